The van der Waals surface area contributed by atoms with Crippen LogP contribution in [0.25, 0.3) is 0 Å². The van der Waals surface area contributed by atoms with Crippen LogP contribution in [0.3, 0.4) is 0 Å². The third kappa shape index (κ3) is 7.36. The molecule has 0 fully saturated rings. The van der Waals surface area contributed by atoms with Crippen LogP contribution in [0, 0.1) is 0 Å². The average molecular weight is 556 g/mol. The maximum absolute atomic E-state index is 14.0. The van der Waals surface area contributed by atoms with Crippen molar-refractivity contribution in [3.05, 3.63) is 95.5 Å². The highest BCUT2D eigenvalue weighted by molar-refractivity contribution is 7.92. The Morgan fingerprint density at radius 1 is 0.895 bits per heavy atom. The van der Waals surface area contributed by atoms with Crippen molar-refractivity contribution in [3.8, 4) is 0 Å². The molecule has 9 heteroatoms. The number of benzene rings is 3. The molecular formula is C29H34ClN3O4S. The van der Waals surface area contributed by atoms with Gasteiger partial charge in [-0.2, -0.15) is 0 Å². The number of amides is 2. The normalized spacial score (nSPS) is 12.4. The Bertz CT molecular complexity index is 1340. The zero-order valence-electron chi connectivity index (χ0n) is 22.1. The van der Waals surface area contributed by atoms with Gasteiger partial charge in [0.25, 0.3) is 10.0 Å². The van der Waals surface area contributed by atoms with Gasteiger partial charge in [0.15, 0.2) is 0 Å². The highest BCUT2D eigenvalue weighted by Gasteiger charge is 2.35. The number of anilines is 1. The number of nitrogens with zero attached hydrogens (tertiary/aromatic N) is 2. The van der Waals surface area contributed by atoms with Crippen molar-refractivity contribution in [2.24, 2.45) is 0 Å². The second kappa shape index (κ2) is 12.5. The molecule has 1 N–H and O–H groups in total. The molecule has 0 radical (unpaired) electrons. The van der Waals surface area contributed by atoms with Gasteiger partial charge in [0.05, 0.1) is 15.6 Å². The van der Waals surface area contributed by atoms with Gasteiger partial charge < -0.3 is 10.2 Å². The summed E-state index contributed by atoms with van der Waals surface area (Å²) in [6.07, 6.45) is 0.345. The first kappa shape index (κ1) is 29.2. The van der Waals surface area contributed by atoms with Crippen LogP contribution in [0.5, 0.6) is 0 Å². The number of para-hydroxylation sites is 1. The monoisotopic (exact) mass is 555 g/mol. The van der Waals surface area contributed by atoms with Crippen molar-refractivity contribution in [3.63, 3.8) is 0 Å². The number of halogens is 1. The Labute approximate surface area is 230 Å². The van der Waals surface area contributed by atoms with E-state index in [2.05, 4.69) is 5.32 Å². The van der Waals surface area contributed by atoms with E-state index in [0.29, 0.717) is 6.42 Å². The van der Waals surface area contributed by atoms with E-state index < -0.39 is 34.1 Å². The van der Waals surface area contributed by atoms with E-state index >= 15 is 0 Å². The minimum absolute atomic E-state index is 0.0276. The minimum Gasteiger partial charge on any atom is -0.350 e. The number of hydrogen-bond donors (Lipinski definition) is 1. The van der Waals surface area contributed by atoms with Crippen LogP contribution in [-0.4, -0.2) is 43.3 Å². The van der Waals surface area contributed by atoms with Gasteiger partial charge in [0.1, 0.15) is 12.6 Å². The first-order valence-electron chi connectivity index (χ1n) is 12.4. The van der Waals surface area contributed by atoms with Crippen molar-refractivity contribution in [1.82, 2.24) is 10.2 Å². The second-order valence-electron chi connectivity index (χ2n) is 9.95. The predicted molar refractivity (Wildman–Crippen MR) is 151 cm³/mol. The predicted octanol–water partition coefficient (Wildman–Crippen LogP) is 5.26. The molecule has 0 aliphatic carbocycles. The summed E-state index contributed by atoms with van der Waals surface area (Å²) >= 11 is 6.42. The molecule has 1 atom stereocenters. The van der Waals surface area contributed by atoms with Gasteiger partial charge in [0.2, 0.25) is 11.8 Å². The van der Waals surface area contributed by atoms with E-state index in [1.165, 1.54) is 17.0 Å². The van der Waals surface area contributed by atoms with Gasteiger partial charge in [-0.15, -0.1) is 0 Å². The van der Waals surface area contributed by atoms with Gasteiger partial charge in [-0.05, 0) is 57.0 Å². The third-order valence-corrected chi connectivity index (χ3v) is 7.90. The first-order valence-corrected chi connectivity index (χ1v) is 14.2. The molecule has 3 rings (SSSR count). The maximum atomic E-state index is 14.0. The largest absolute Gasteiger partial charge is 0.350 e. The number of rotatable bonds is 10. The lowest BCUT2D eigenvalue weighted by molar-refractivity contribution is -0.141. The summed E-state index contributed by atoms with van der Waals surface area (Å²) in [5, 5.41) is 3.14. The van der Waals surface area contributed by atoms with Gasteiger partial charge in [0, 0.05) is 12.1 Å². The van der Waals surface area contributed by atoms with Crippen LogP contribution in [0.4, 0.5) is 5.69 Å². The highest BCUT2D eigenvalue weighted by Crippen LogP contribution is 2.30. The van der Waals surface area contributed by atoms with E-state index in [-0.39, 0.29) is 28.1 Å². The Kier molecular flexibility index (Phi) is 9.57. The van der Waals surface area contributed by atoms with E-state index in [1.54, 1.807) is 42.5 Å². The number of carbonyl (C=O) groups is 2. The molecule has 0 heterocycles. The van der Waals surface area contributed by atoms with E-state index in [9.17, 15) is 18.0 Å². The highest BCUT2D eigenvalue weighted by atomic mass is 35.5. The van der Waals surface area contributed by atoms with Crippen LogP contribution in [0.2, 0.25) is 5.02 Å². The molecule has 0 aromatic heterocycles. The first-order chi connectivity index (χ1) is 17.9. The maximum Gasteiger partial charge on any atom is 0.264 e. The standard InChI is InChI=1S/C29H34ClN3O4S/c1-5-25(28(35)31-29(2,3)4)32(20-22-14-8-6-9-15-22)27(34)21-33(26-19-13-12-18-24(26)30)38(36,37)23-16-10-7-11-17-23/h6-19,25H,5,20-21H2,1-4H3,(H,31,35)/t25-/m1/s1. The lowest BCUT2D eigenvalue weighted by Crippen LogP contribution is -2.55. The molecule has 0 aliphatic rings. The van der Waals surface area contributed by atoms with Crippen molar-refractivity contribution >= 4 is 39.1 Å². The van der Waals surface area contributed by atoms with Gasteiger partial charge in [-0.3, -0.25) is 13.9 Å². The van der Waals surface area contributed by atoms with Crippen LogP contribution in [0.15, 0.2) is 89.8 Å². The number of hydrogen-bond acceptors (Lipinski definition) is 4. The SMILES string of the molecule is CC[C@H](C(=O)NC(C)(C)C)N(Cc1ccccc1)C(=O)CN(c1ccccc1Cl)S(=O)(=O)c1ccccc1. The van der Waals surface area contributed by atoms with E-state index in [4.69, 9.17) is 11.6 Å². The zero-order valence-corrected chi connectivity index (χ0v) is 23.7. The average Bonchev–Trinajstić information content (AvgIpc) is 2.87. The fourth-order valence-electron chi connectivity index (χ4n) is 4.04. The summed E-state index contributed by atoms with van der Waals surface area (Å²) in [6.45, 7) is 7.03. The molecule has 2 amide bonds. The number of sulfonamides is 1. The molecule has 0 saturated carbocycles. The van der Waals surface area contributed by atoms with Crippen molar-refractivity contribution in [1.29, 1.82) is 0 Å². The molecule has 0 saturated heterocycles. The van der Waals surface area contributed by atoms with Gasteiger partial charge in [-0.25, -0.2) is 8.42 Å². The molecule has 0 bridgehead atoms. The Morgan fingerprint density at radius 3 is 2.00 bits per heavy atom. The molecular weight excluding hydrogens is 522 g/mol. The molecule has 3 aromatic rings. The second-order valence-corrected chi connectivity index (χ2v) is 12.2. The third-order valence-electron chi connectivity index (χ3n) is 5.81. The van der Waals surface area contributed by atoms with Crippen molar-refractivity contribution in [2.45, 2.75) is 57.1 Å². The summed E-state index contributed by atoms with van der Waals surface area (Å²) in [4.78, 5) is 28.8. The molecule has 0 aliphatic heterocycles. The minimum atomic E-state index is -4.16. The molecule has 38 heavy (non-hydrogen) atoms. The topological polar surface area (TPSA) is 86.8 Å². The number of carbonyl (C=O) groups excluding carboxylic acids is 2. The fourth-order valence-corrected chi connectivity index (χ4v) is 5.78. The van der Waals surface area contributed by atoms with Gasteiger partial charge in [-0.1, -0.05) is 79.2 Å². The summed E-state index contributed by atoms with van der Waals surface area (Å²) in [6, 6.07) is 22.8. The van der Waals surface area contributed by atoms with Gasteiger partial charge >= 0.3 is 0 Å². The molecule has 0 spiro atoms. The van der Waals surface area contributed by atoms with Crippen LogP contribution >= 0.6 is 11.6 Å². The number of nitrogens with one attached hydrogen (secondary N) is 1. The molecule has 202 valence electrons. The van der Waals surface area contributed by atoms with Crippen molar-refractivity contribution in [2.75, 3.05) is 10.8 Å². The van der Waals surface area contributed by atoms with Crippen LogP contribution in [-0.2, 0) is 26.2 Å². The summed E-state index contributed by atoms with van der Waals surface area (Å²) < 4.78 is 28.6. The van der Waals surface area contributed by atoms with E-state index in [1.807, 2.05) is 58.0 Å². The Hall–Kier alpha value is -3.36. The van der Waals surface area contributed by atoms with Crippen molar-refractivity contribution < 1.29 is 18.0 Å². The van der Waals surface area contributed by atoms with Crippen LogP contribution in [0.1, 0.15) is 39.7 Å². The smallest absolute Gasteiger partial charge is 0.264 e. The summed E-state index contributed by atoms with van der Waals surface area (Å²) in [7, 11) is -4.16. The quantitative estimate of drug-likeness (QED) is 0.370. The van der Waals surface area contributed by atoms with E-state index in [0.717, 1.165) is 9.87 Å². The Balaban J connectivity index is 2.06. The zero-order chi connectivity index (χ0) is 27.9. The van der Waals surface area contributed by atoms with Crippen LogP contribution < -0.4 is 9.62 Å². The lowest BCUT2D eigenvalue weighted by atomic mass is 10.1. The summed E-state index contributed by atoms with van der Waals surface area (Å²) in [5.41, 5.74) is 0.489. The fraction of sp³-hybridized carbons (Fsp3) is 0.310. The Morgan fingerprint density at radius 2 is 1.45 bits per heavy atom. The summed E-state index contributed by atoms with van der Waals surface area (Å²) in [5.74, 6) is -0.830. The lowest BCUT2D eigenvalue weighted by Gasteiger charge is -2.35. The molecule has 3 aromatic carbocycles. The molecule has 7 nitrogen and oxygen atoms in total. The molecule has 0 unspecified atom stereocenters.